The van der Waals surface area contributed by atoms with E-state index in [1.165, 1.54) is 76.5 Å². The summed E-state index contributed by atoms with van der Waals surface area (Å²) < 4.78 is 6.52. The number of fused-ring (bicyclic) bond motifs is 7. The molecular formula is C46H28O. The zero-order valence-corrected chi connectivity index (χ0v) is 25.6. The lowest BCUT2D eigenvalue weighted by Crippen LogP contribution is -1.91. The molecular weight excluding hydrogens is 569 g/mol. The van der Waals surface area contributed by atoms with E-state index in [0.29, 0.717) is 0 Å². The van der Waals surface area contributed by atoms with Crippen LogP contribution in [0.15, 0.2) is 174 Å². The minimum Gasteiger partial charge on any atom is -0.456 e. The van der Waals surface area contributed by atoms with Crippen molar-refractivity contribution in [3.63, 3.8) is 0 Å². The average Bonchev–Trinajstić information content (AvgIpc) is 3.50. The summed E-state index contributed by atoms with van der Waals surface area (Å²) in [6.45, 7) is 0. The third-order valence-corrected chi connectivity index (χ3v) is 9.80. The Hall–Kier alpha value is -6.18. The van der Waals surface area contributed by atoms with Gasteiger partial charge < -0.3 is 4.42 Å². The highest BCUT2D eigenvalue weighted by molar-refractivity contribution is 6.26. The lowest BCUT2D eigenvalue weighted by molar-refractivity contribution is 0.669. The molecule has 0 bridgehead atoms. The van der Waals surface area contributed by atoms with Crippen molar-refractivity contribution in [1.82, 2.24) is 0 Å². The Kier molecular flexibility index (Phi) is 5.64. The molecule has 0 aliphatic rings. The van der Waals surface area contributed by atoms with Gasteiger partial charge in [-0.2, -0.15) is 0 Å². The highest BCUT2D eigenvalue weighted by Crippen LogP contribution is 2.47. The summed E-state index contributed by atoms with van der Waals surface area (Å²) in [6, 6.07) is 61.6. The van der Waals surface area contributed by atoms with E-state index in [-0.39, 0.29) is 0 Å². The third kappa shape index (κ3) is 4.03. The van der Waals surface area contributed by atoms with Gasteiger partial charge in [-0.3, -0.25) is 0 Å². The minimum absolute atomic E-state index is 0.912. The topological polar surface area (TPSA) is 13.1 Å². The van der Waals surface area contributed by atoms with E-state index in [2.05, 4.69) is 170 Å². The van der Waals surface area contributed by atoms with Crippen molar-refractivity contribution in [2.24, 2.45) is 0 Å². The molecule has 9 aromatic carbocycles. The molecule has 0 saturated carbocycles. The van der Waals surface area contributed by atoms with Crippen LogP contribution in [0.1, 0.15) is 0 Å². The molecule has 218 valence electrons. The van der Waals surface area contributed by atoms with E-state index in [1.54, 1.807) is 0 Å². The first-order valence-electron chi connectivity index (χ1n) is 16.2. The number of hydrogen-bond donors (Lipinski definition) is 0. The number of hydrogen-bond acceptors (Lipinski definition) is 1. The minimum atomic E-state index is 0.912. The van der Waals surface area contributed by atoms with E-state index < -0.39 is 0 Å². The number of rotatable bonds is 3. The predicted octanol–water partition coefficient (Wildman–Crippen LogP) is 13.2. The Bertz CT molecular complexity index is 2780. The van der Waals surface area contributed by atoms with Gasteiger partial charge in [0, 0.05) is 10.8 Å². The molecule has 0 amide bonds. The molecule has 0 atom stereocenters. The molecule has 1 nitrogen and oxygen atoms in total. The molecule has 0 saturated heterocycles. The van der Waals surface area contributed by atoms with Gasteiger partial charge in [-0.1, -0.05) is 140 Å². The van der Waals surface area contributed by atoms with Crippen molar-refractivity contribution in [3.8, 4) is 33.4 Å². The van der Waals surface area contributed by atoms with Crippen LogP contribution >= 0.6 is 0 Å². The first-order valence-corrected chi connectivity index (χ1v) is 16.2. The molecule has 0 radical (unpaired) electrons. The van der Waals surface area contributed by atoms with E-state index in [9.17, 15) is 0 Å². The second kappa shape index (κ2) is 10.2. The maximum atomic E-state index is 6.52. The maximum absolute atomic E-state index is 6.52. The van der Waals surface area contributed by atoms with Gasteiger partial charge in [0.25, 0.3) is 0 Å². The van der Waals surface area contributed by atoms with Crippen LogP contribution in [0.3, 0.4) is 0 Å². The largest absolute Gasteiger partial charge is 0.456 e. The molecule has 47 heavy (non-hydrogen) atoms. The van der Waals surface area contributed by atoms with Crippen molar-refractivity contribution < 1.29 is 4.42 Å². The van der Waals surface area contributed by atoms with Crippen LogP contribution in [-0.2, 0) is 0 Å². The van der Waals surface area contributed by atoms with Crippen LogP contribution in [0, 0.1) is 0 Å². The summed E-state index contributed by atoms with van der Waals surface area (Å²) in [7, 11) is 0. The zero-order valence-electron chi connectivity index (χ0n) is 25.6. The summed E-state index contributed by atoms with van der Waals surface area (Å²) in [6.07, 6.45) is 0. The van der Waals surface area contributed by atoms with Crippen molar-refractivity contribution >= 4 is 65.0 Å². The van der Waals surface area contributed by atoms with Gasteiger partial charge in [0.15, 0.2) is 0 Å². The van der Waals surface area contributed by atoms with Crippen molar-refractivity contribution in [2.45, 2.75) is 0 Å². The second-order valence-corrected chi connectivity index (χ2v) is 12.5. The predicted molar refractivity (Wildman–Crippen MR) is 200 cm³/mol. The fourth-order valence-corrected chi connectivity index (χ4v) is 7.66. The normalized spacial score (nSPS) is 11.8. The Morgan fingerprint density at radius 2 is 0.851 bits per heavy atom. The summed E-state index contributed by atoms with van der Waals surface area (Å²) >= 11 is 0. The van der Waals surface area contributed by atoms with Gasteiger partial charge in [-0.25, -0.2) is 0 Å². The van der Waals surface area contributed by atoms with Crippen LogP contribution in [0.2, 0.25) is 0 Å². The first kappa shape index (κ1) is 26.1. The molecule has 1 aromatic heterocycles. The van der Waals surface area contributed by atoms with Crippen molar-refractivity contribution in [3.05, 3.63) is 170 Å². The molecule has 1 heteroatoms. The molecule has 0 aliphatic carbocycles. The van der Waals surface area contributed by atoms with Gasteiger partial charge in [-0.15, -0.1) is 0 Å². The lowest BCUT2D eigenvalue weighted by atomic mass is 9.84. The van der Waals surface area contributed by atoms with Gasteiger partial charge in [0.2, 0.25) is 0 Å². The van der Waals surface area contributed by atoms with E-state index in [0.717, 1.165) is 21.9 Å². The van der Waals surface area contributed by atoms with Gasteiger partial charge >= 0.3 is 0 Å². The number of benzene rings is 9. The standard InChI is InChI=1S/C46H28O/c1-2-11-29(12-3-1)32-21-22-34-26-35(24-23-33(34)25-32)44-36-15-6-8-17-38(36)45(39-18-9-7-16-37(39)44)40-19-10-20-42-46(40)41-27-30-13-4-5-14-31(30)28-43(41)47-42/h1-28H. The molecule has 10 aromatic rings. The lowest BCUT2D eigenvalue weighted by Gasteiger charge is -2.18. The summed E-state index contributed by atoms with van der Waals surface area (Å²) in [5, 5.41) is 12.2. The Morgan fingerprint density at radius 3 is 1.55 bits per heavy atom. The molecule has 0 aliphatic heterocycles. The van der Waals surface area contributed by atoms with Crippen LogP contribution in [-0.4, -0.2) is 0 Å². The highest BCUT2D eigenvalue weighted by atomic mass is 16.3. The smallest absolute Gasteiger partial charge is 0.136 e. The van der Waals surface area contributed by atoms with Gasteiger partial charge in [0.1, 0.15) is 11.2 Å². The van der Waals surface area contributed by atoms with Gasteiger partial charge in [-0.05, 0) is 107 Å². The highest BCUT2D eigenvalue weighted by Gasteiger charge is 2.20. The molecule has 10 rings (SSSR count). The van der Waals surface area contributed by atoms with E-state index in [4.69, 9.17) is 4.42 Å². The summed E-state index contributed by atoms with van der Waals surface area (Å²) in [5.41, 5.74) is 9.24. The monoisotopic (exact) mass is 596 g/mol. The summed E-state index contributed by atoms with van der Waals surface area (Å²) in [4.78, 5) is 0. The van der Waals surface area contributed by atoms with Gasteiger partial charge in [0.05, 0.1) is 0 Å². The maximum Gasteiger partial charge on any atom is 0.136 e. The van der Waals surface area contributed by atoms with Crippen LogP contribution in [0.25, 0.3) is 98.4 Å². The van der Waals surface area contributed by atoms with Crippen LogP contribution in [0.5, 0.6) is 0 Å². The Balaban J connectivity index is 1.25. The van der Waals surface area contributed by atoms with E-state index in [1.807, 2.05) is 0 Å². The SMILES string of the molecule is c1ccc(-c2ccc3cc(-c4c5ccccc5c(-c5cccc6oc7cc8ccccc8cc7c56)c5ccccc45)ccc3c2)cc1. The molecule has 0 N–H and O–H groups in total. The Labute approximate surface area is 271 Å². The molecule has 0 unspecified atom stereocenters. The molecule has 1 heterocycles. The molecule has 0 spiro atoms. The zero-order chi connectivity index (χ0) is 30.9. The quantitative estimate of drug-likeness (QED) is 0.185. The molecule has 0 fully saturated rings. The van der Waals surface area contributed by atoms with Crippen molar-refractivity contribution in [2.75, 3.05) is 0 Å². The summed E-state index contributed by atoms with van der Waals surface area (Å²) in [5.74, 6) is 0. The second-order valence-electron chi connectivity index (χ2n) is 12.5. The van der Waals surface area contributed by atoms with Crippen molar-refractivity contribution in [1.29, 1.82) is 0 Å². The third-order valence-electron chi connectivity index (χ3n) is 9.80. The number of furan rings is 1. The van der Waals surface area contributed by atoms with Crippen LogP contribution < -0.4 is 0 Å². The van der Waals surface area contributed by atoms with Crippen LogP contribution in [0.4, 0.5) is 0 Å². The fourth-order valence-electron chi connectivity index (χ4n) is 7.66. The Morgan fingerprint density at radius 1 is 0.298 bits per heavy atom. The first-order chi connectivity index (χ1) is 23.3. The fraction of sp³-hybridized carbons (Fsp3) is 0. The average molecular weight is 597 g/mol. The van der Waals surface area contributed by atoms with E-state index >= 15 is 0 Å².